The maximum Gasteiger partial charge on any atom is 0.337 e. The van der Waals surface area contributed by atoms with E-state index in [-0.39, 0.29) is 16.3 Å². The summed E-state index contributed by atoms with van der Waals surface area (Å²) in [6.45, 7) is 2.63. The standard InChI is InChI=1S/C11H10ClNO5S/c1-11(2)10(16)13(19(11,17)18)6-3-4-7(9(14)15)8(12)5-6/h3-5H,1-2H3,(H,14,15). The van der Waals surface area contributed by atoms with Gasteiger partial charge >= 0.3 is 5.97 Å². The first-order valence-corrected chi connectivity index (χ1v) is 7.04. The van der Waals surface area contributed by atoms with E-state index >= 15 is 0 Å². The van der Waals surface area contributed by atoms with Gasteiger partial charge in [0.05, 0.1) is 16.3 Å². The molecule has 102 valence electrons. The van der Waals surface area contributed by atoms with E-state index in [0.29, 0.717) is 4.31 Å². The Morgan fingerprint density at radius 2 is 1.95 bits per heavy atom. The van der Waals surface area contributed by atoms with E-state index in [0.717, 1.165) is 12.1 Å². The van der Waals surface area contributed by atoms with Crippen molar-refractivity contribution in [3.05, 3.63) is 28.8 Å². The molecule has 0 saturated carbocycles. The van der Waals surface area contributed by atoms with Crippen LogP contribution in [0.2, 0.25) is 5.02 Å². The summed E-state index contributed by atoms with van der Waals surface area (Å²) in [7, 11) is -3.77. The molecular formula is C11H10ClNO5S. The molecule has 0 radical (unpaired) electrons. The minimum absolute atomic E-state index is 0.0410. The van der Waals surface area contributed by atoms with Gasteiger partial charge in [-0.05, 0) is 32.0 Å². The molecule has 1 fully saturated rings. The second-order valence-corrected chi connectivity index (χ2v) is 7.30. The van der Waals surface area contributed by atoms with Crippen molar-refractivity contribution >= 4 is 39.2 Å². The summed E-state index contributed by atoms with van der Waals surface area (Å²) >= 11 is 5.75. The number of aromatic carboxylic acids is 1. The molecule has 0 unspecified atom stereocenters. The van der Waals surface area contributed by atoms with Crippen molar-refractivity contribution in [2.75, 3.05) is 4.31 Å². The first-order chi connectivity index (χ1) is 8.60. The molecule has 1 aromatic rings. The van der Waals surface area contributed by atoms with Crippen molar-refractivity contribution in [1.29, 1.82) is 0 Å². The number of hydrogen-bond donors (Lipinski definition) is 1. The lowest BCUT2D eigenvalue weighted by molar-refractivity contribution is -0.120. The number of carbonyl (C=O) groups excluding carboxylic acids is 1. The molecule has 1 aromatic carbocycles. The molecule has 19 heavy (non-hydrogen) atoms. The summed E-state index contributed by atoms with van der Waals surface area (Å²) < 4.78 is 23.1. The van der Waals surface area contributed by atoms with Gasteiger partial charge < -0.3 is 5.11 Å². The second-order valence-electron chi connectivity index (χ2n) is 4.55. The molecule has 0 atom stereocenters. The van der Waals surface area contributed by atoms with Crippen molar-refractivity contribution in [3.63, 3.8) is 0 Å². The zero-order chi connectivity index (χ0) is 14.6. The van der Waals surface area contributed by atoms with E-state index in [1.54, 1.807) is 0 Å². The number of amides is 1. The monoisotopic (exact) mass is 303 g/mol. The van der Waals surface area contributed by atoms with Gasteiger partial charge in [0.2, 0.25) is 0 Å². The highest BCUT2D eigenvalue weighted by molar-refractivity contribution is 7.98. The highest BCUT2D eigenvalue weighted by atomic mass is 35.5. The lowest BCUT2D eigenvalue weighted by Crippen LogP contribution is -2.67. The number of nitrogens with zero attached hydrogens (tertiary/aromatic N) is 1. The summed E-state index contributed by atoms with van der Waals surface area (Å²) in [5.74, 6) is -1.80. The predicted molar refractivity (Wildman–Crippen MR) is 68.9 cm³/mol. The number of benzene rings is 1. The molecule has 0 bridgehead atoms. The van der Waals surface area contributed by atoms with Crippen LogP contribution in [0.15, 0.2) is 18.2 Å². The molecule has 1 aliphatic heterocycles. The summed E-state index contributed by atoms with van der Waals surface area (Å²) in [4.78, 5) is 22.6. The highest BCUT2D eigenvalue weighted by Crippen LogP contribution is 2.40. The average molecular weight is 304 g/mol. The maximum atomic E-state index is 12.0. The minimum Gasteiger partial charge on any atom is -0.478 e. The van der Waals surface area contributed by atoms with Gasteiger partial charge in [0, 0.05) is 0 Å². The normalized spacial score (nSPS) is 19.9. The van der Waals surface area contributed by atoms with Crippen LogP contribution < -0.4 is 4.31 Å². The van der Waals surface area contributed by atoms with E-state index in [2.05, 4.69) is 0 Å². The molecule has 2 rings (SSSR count). The highest BCUT2D eigenvalue weighted by Gasteiger charge is 2.60. The Bertz CT molecular complexity index is 695. The number of sulfonamides is 1. The lowest BCUT2D eigenvalue weighted by Gasteiger charge is -2.42. The van der Waals surface area contributed by atoms with Crippen LogP contribution in [0.5, 0.6) is 0 Å². The first-order valence-electron chi connectivity index (χ1n) is 5.23. The summed E-state index contributed by atoms with van der Waals surface area (Å²) in [5, 5.41) is 8.69. The van der Waals surface area contributed by atoms with Crippen molar-refractivity contribution in [3.8, 4) is 0 Å². The van der Waals surface area contributed by atoms with Gasteiger partial charge in [-0.2, -0.15) is 0 Å². The molecule has 1 aliphatic rings. The van der Waals surface area contributed by atoms with Crippen LogP contribution in [-0.2, 0) is 14.8 Å². The SMILES string of the molecule is CC1(C)C(=O)N(c2ccc(C(=O)O)c(Cl)c2)S1(=O)=O. The average Bonchev–Trinajstić information content (AvgIpc) is 2.28. The number of rotatable bonds is 2. The molecule has 1 amide bonds. The van der Waals surface area contributed by atoms with Gasteiger partial charge in [0.15, 0.2) is 4.75 Å². The molecule has 8 heteroatoms. The largest absolute Gasteiger partial charge is 0.478 e. The third-order valence-corrected chi connectivity index (χ3v) is 5.64. The molecule has 1 saturated heterocycles. The minimum atomic E-state index is -3.77. The van der Waals surface area contributed by atoms with Gasteiger partial charge in [0.25, 0.3) is 15.9 Å². The van der Waals surface area contributed by atoms with Crippen molar-refractivity contribution < 1.29 is 23.1 Å². The Kier molecular flexibility index (Phi) is 2.87. The number of carbonyl (C=O) groups is 2. The molecule has 0 spiro atoms. The predicted octanol–water partition coefficient (Wildman–Crippen LogP) is 1.49. The van der Waals surface area contributed by atoms with Crippen LogP contribution in [0, 0.1) is 0 Å². The van der Waals surface area contributed by atoms with E-state index in [1.807, 2.05) is 0 Å². The van der Waals surface area contributed by atoms with Gasteiger partial charge in [-0.3, -0.25) is 4.79 Å². The maximum absolute atomic E-state index is 12.0. The molecule has 6 nitrogen and oxygen atoms in total. The fourth-order valence-corrected chi connectivity index (χ4v) is 3.44. The van der Waals surface area contributed by atoms with Crippen molar-refractivity contribution in [2.45, 2.75) is 18.6 Å². The second kappa shape index (κ2) is 3.94. The smallest absolute Gasteiger partial charge is 0.337 e. The van der Waals surface area contributed by atoms with E-state index < -0.39 is 26.6 Å². The first kappa shape index (κ1) is 13.8. The zero-order valence-electron chi connectivity index (χ0n) is 10.0. The van der Waals surface area contributed by atoms with Crippen LogP contribution in [0.1, 0.15) is 24.2 Å². The third kappa shape index (κ3) is 1.73. The van der Waals surface area contributed by atoms with Crippen LogP contribution in [0.4, 0.5) is 5.69 Å². The molecule has 0 aromatic heterocycles. The lowest BCUT2D eigenvalue weighted by atomic mass is 10.1. The van der Waals surface area contributed by atoms with Crippen LogP contribution in [0.3, 0.4) is 0 Å². The van der Waals surface area contributed by atoms with Crippen LogP contribution in [0.25, 0.3) is 0 Å². The Hall–Kier alpha value is -1.60. The Labute approximate surface area is 114 Å². The Balaban J connectivity index is 2.49. The van der Waals surface area contributed by atoms with E-state index in [9.17, 15) is 18.0 Å². The Morgan fingerprint density at radius 1 is 1.37 bits per heavy atom. The fourth-order valence-electron chi connectivity index (χ4n) is 1.71. The van der Waals surface area contributed by atoms with Gasteiger partial charge in [0.1, 0.15) is 0 Å². The number of halogens is 1. The van der Waals surface area contributed by atoms with Gasteiger partial charge in [-0.25, -0.2) is 17.5 Å². The van der Waals surface area contributed by atoms with Gasteiger partial charge in [-0.15, -0.1) is 0 Å². The van der Waals surface area contributed by atoms with Crippen LogP contribution >= 0.6 is 11.6 Å². The van der Waals surface area contributed by atoms with Crippen molar-refractivity contribution in [2.24, 2.45) is 0 Å². The number of carboxylic acid groups (broad SMARTS) is 1. The number of carboxylic acids is 1. The molecule has 1 heterocycles. The van der Waals surface area contributed by atoms with Crippen LogP contribution in [-0.4, -0.2) is 30.1 Å². The van der Waals surface area contributed by atoms with E-state index in [4.69, 9.17) is 16.7 Å². The summed E-state index contributed by atoms with van der Waals surface area (Å²) in [6.07, 6.45) is 0. The quantitative estimate of drug-likeness (QED) is 0.893. The molecule has 1 N–H and O–H groups in total. The fraction of sp³-hybridized carbons (Fsp3) is 0.273. The van der Waals surface area contributed by atoms with E-state index in [1.165, 1.54) is 19.9 Å². The molecular weight excluding hydrogens is 294 g/mol. The zero-order valence-corrected chi connectivity index (χ0v) is 11.6. The Morgan fingerprint density at radius 3 is 2.37 bits per heavy atom. The third-order valence-electron chi connectivity index (χ3n) is 3.00. The summed E-state index contributed by atoms with van der Waals surface area (Å²) in [5.41, 5.74) is -0.116. The number of anilines is 1. The summed E-state index contributed by atoms with van der Waals surface area (Å²) in [6, 6.07) is 3.55. The molecule has 0 aliphatic carbocycles. The topological polar surface area (TPSA) is 91.8 Å². The number of hydrogen-bond acceptors (Lipinski definition) is 4. The van der Waals surface area contributed by atoms with Gasteiger partial charge in [-0.1, -0.05) is 11.6 Å². The van der Waals surface area contributed by atoms with Crippen molar-refractivity contribution in [1.82, 2.24) is 0 Å².